The van der Waals surface area contributed by atoms with Crippen molar-refractivity contribution in [2.75, 3.05) is 0 Å². The molecule has 32 heavy (non-hydrogen) atoms. The molecule has 0 aromatic heterocycles. The normalized spacial score (nSPS) is 32.7. The second-order valence-electron chi connectivity index (χ2n) is 10.3. The molecule has 0 aliphatic heterocycles. The molecule has 0 N–H and O–H groups in total. The van der Waals surface area contributed by atoms with Gasteiger partial charge in [0.25, 0.3) is 0 Å². The first-order valence-electron chi connectivity index (χ1n) is 12.4. The fraction of sp³-hybridized carbons (Fsp3) is 0.667. The van der Waals surface area contributed by atoms with Crippen LogP contribution in [0.3, 0.4) is 0 Å². The molecule has 4 atom stereocenters. The molecule has 0 amide bonds. The molecule has 1 aromatic carbocycles. The fourth-order valence-corrected chi connectivity index (χ4v) is 6.67. The molecule has 3 aliphatic rings. The molecular weight excluding hydrogens is 413 g/mol. The van der Waals surface area contributed by atoms with Crippen molar-refractivity contribution in [3.63, 3.8) is 0 Å². The van der Waals surface area contributed by atoms with Crippen LogP contribution in [0.4, 0.5) is 13.2 Å². The summed E-state index contributed by atoms with van der Waals surface area (Å²) in [6.07, 6.45) is 16.0. The zero-order valence-electron chi connectivity index (χ0n) is 18.8. The van der Waals surface area contributed by atoms with Gasteiger partial charge in [-0.2, -0.15) is 4.39 Å². The first kappa shape index (κ1) is 23.4. The predicted octanol–water partition coefficient (Wildman–Crippen LogP) is 7.61. The molecule has 3 saturated carbocycles. The molecule has 1 aromatic rings. The number of fused-ring (bicyclic) bond motifs is 1. The molecule has 4 unspecified atom stereocenters. The standard InChI is InChI=1S/C27H35F3O2/c1-2-3-4-17-5-6-22-16-21(12-11-20(22)15-17)18-7-9-19(10-8-18)27(31)32-24-14-13-23(28)25(29)26(24)30/h2,13-14,17-22H,1,3-12,15-16H2. The van der Waals surface area contributed by atoms with Gasteiger partial charge in [-0.3, -0.25) is 4.79 Å². The molecule has 0 radical (unpaired) electrons. The van der Waals surface area contributed by atoms with E-state index in [9.17, 15) is 18.0 Å². The van der Waals surface area contributed by atoms with Gasteiger partial charge in [0.15, 0.2) is 17.4 Å². The topological polar surface area (TPSA) is 26.3 Å². The fourth-order valence-electron chi connectivity index (χ4n) is 6.67. The highest BCUT2D eigenvalue weighted by molar-refractivity contribution is 5.75. The van der Waals surface area contributed by atoms with E-state index in [2.05, 4.69) is 6.58 Å². The maximum Gasteiger partial charge on any atom is 0.314 e. The SMILES string of the molecule is C=CCCC1CCC2CC(C3CCC(C(=O)Oc4ccc(F)c(F)c4F)CC3)CCC2C1. The van der Waals surface area contributed by atoms with Gasteiger partial charge in [-0.25, -0.2) is 8.78 Å². The summed E-state index contributed by atoms with van der Waals surface area (Å²) in [5.41, 5.74) is 0. The van der Waals surface area contributed by atoms with E-state index in [0.29, 0.717) is 5.92 Å². The third-order valence-corrected chi connectivity index (χ3v) is 8.52. The number of benzene rings is 1. The lowest BCUT2D eigenvalue weighted by Crippen LogP contribution is -2.35. The molecular formula is C27H35F3O2. The third-order valence-electron chi connectivity index (χ3n) is 8.52. The van der Waals surface area contributed by atoms with Crippen molar-refractivity contribution < 1.29 is 22.7 Å². The molecule has 0 heterocycles. The zero-order valence-corrected chi connectivity index (χ0v) is 18.8. The number of halogens is 3. The third kappa shape index (κ3) is 5.23. The van der Waals surface area contributed by atoms with Crippen molar-refractivity contribution >= 4 is 5.97 Å². The number of ether oxygens (including phenoxy) is 1. The van der Waals surface area contributed by atoms with Crippen molar-refractivity contribution in [2.45, 2.75) is 77.0 Å². The van der Waals surface area contributed by atoms with Crippen LogP contribution in [0.2, 0.25) is 0 Å². The second-order valence-corrected chi connectivity index (χ2v) is 10.3. The van der Waals surface area contributed by atoms with Crippen LogP contribution >= 0.6 is 0 Å². The van der Waals surface area contributed by atoms with Gasteiger partial charge in [0.2, 0.25) is 5.82 Å². The van der Waals surface area contributed by atoms with Gasteiger partial charge >= 0.3 is 5.97 Å². The molecule has 5 heteroatoms. The van der Waals surface area contributed by atoms with E-state index in [1.54, 1.807) is 0 Å². The van der Waals surface area contributed by atoms with E-state index in [1.807, 2.05) is 6.08 Å². The Labute approximate surface area is 189 Å². The van der Waals surface area contributed by atoms with Crippen LogP contribution in [0, 0.1) is 53.0 Å². The van der Waals surface area contributed by atoms with Gasteiger partial charge in [0.05, 0.1) is 5.92 Å². The van der Waals surface area contributed by atoms with E-state index in [-0.39, 0.29) is 5.92 Å². The summed E-state index contributed by atoms with van der Waals surface area (Å²) < 4.78 is 45.4. The Morgan fingerprint density at radius 3 is 2.22 bits per heavy atom. The Hall–Kier alpha value is -1.78. The molecule has 4 rings (SSSR count). The van der Waals surface area contributed by atoms with E-state index < -0.39 is 29.2 Å². The number of carbonyl (C=O) groups excluding carboxylic acids is 1. The summed E-state index contributed by atoms with van der Waals surface area (Å²) in [6, 6.07) is 1.75. The lowest BCUT2D eigenvalue weighted by Gasteiger charge is -2.45. The van der Waals surface area contributed by atoms with Crippen LogP contribution in [0.25, 0.3) is 0 Å². The summed E-state index contributed by atoms with van der Waals surface area (Å²) in [6.45, 7) is 3.86. The van der Waals surface area contributed by atoms with E-state index in [1.165, 1.54) is 44.9 Å². The maximum absolute atomic E-state index is 13.8. The Morgan fingerprint density at radius 2 is 1.50 bits per heavy atom. The van der Waals surface area contributed by atoms with Gasteiger partial charge < -0.3 is 4.74 Å². The Kier molecular flexibility index (Phi) is 7.63. The maximum atomic E-state index is 13.8. The van der Waals surface area contributed by atoms with Gasteiger partial charge in [-0.05, 0) is 112 Å². The number of allylic oxidation sites excluding steroid dienone is 1. The molecule has 0 spiro atoms. The minimum atomic E-state index is -1.61. The molecule has 2 nitrogen and oxygen atoms in total. The summed E-state index contributed by atoms with van der Waals surface area (Å²) in [5, 5.41) is 0. The Bertz CT molecular complexity index is 815. The Balaban J connectivity index is 1.24. The van der Waals surface area contributed by atoms with Crippen LogP contribution in [-0.4, -0.2) is 5.97 Å². The number of carbonyl (C=O) groups is 1. The van der Waals surface area contributed by atoms with Crippen LogP contribution in [0.15, 0.2) is 24.8 Å². The quantitative estimate of drug-likeness (QED) is 0.194. The monoisotopic (exact) mass is 448 g/mol. The highest BCUT2D eigenvalue weighted by Gasteiger charge is 2.39. The van der Waals surface area contributed by atoms with Gasteiger partial charge in [0, 0.05) is 0 Å². The van der Waals surface area contributed by atoms with E-state index in [0.717, 1.165) is 67.9 Å². The van der Waals surface area contributed by atoms with Crippen molar-refractivity contribution in [2.24, 2.45) is 35.5 Å². The number of hydrogen-bond donors (Lipinski definition) is 0. The minimum absolute atomic E-state index is 0.296. The van der Waals surface area contributed by atoms with E-state index in [4.69, 9.17) is 4.74 Å². The number of rotatable bonds is 6. The highest BCUT2D eigenvalue weighted by Crippen LogP contribution is 2.49. The van der Waals surface area contributed by atoms with Crippen LogP contribution in [0.5, 0.6) is 5.75 Å². The first-order chi connectivity index (χ1) is 15.5. The van der Waals surface area contributed by atoms with Crippen LogP contribution < -0.4 is 4.74 Å². The van der Waals surface area contributed by atoms with Gasteiger partial charge in [-0.1, -0.05) is 12.5 Å². The van der Waals surface area contributed by atoms with Gasteiger partial charge in [0.1, 0.15) is 0 Å². The second kappa shape index (κ2) is 10.4. The minimum Gasteiger partial charge on any atom is -0.423 e. The lowest BCUT2D eigenvalue weighted by molar-refractivity contribution is -0.140. The number of hydrogen-bond acceptors (Lipinski definition) is 2. The average Bonchev–Trinajstić information content (AvgIpc) is 2.82. The molecule has 3 fully saturated rings. The highest BCUT2D eigenvalue weighted by atomic mass is 19.2. The van der Waals surface area contributed by atoms with Gasteiger partial charge in [-0.15, -0.1) is 6.58 Å². The summed E-state index contributed by atoms with van der Waals surface area (Å²) in [5.74, 6) is -1.65. The van der Waals surface area contributed by atoms with Crippen molar-refractivity contribution in [1.82, 2.24) is 0 Å². The zero-order chi connectivity index (χ0) is 22.7. The summed E-state index contributed by atoms with van der Waals surface area (Å²) in [4.78, 5) is 12.5. The lowest BCUT2D eigenvalue weighted by atomic mass is 9.60. The first-order valence-corrected chi connectivity index (χ1v) is 12.4. The molecule has 3 aliphatic carbocycles. The predicted molar refractivity (Wildman–Crippen MR) is 118 cm³/mol. The van der Waals surface area contributed by atoms with E-state index >= 15 is 0 Å². The molecule has 0 bridgehead atoms. The average molecular weight is 449 g/mol. The summed E-state index contributed by atoms with van der Waals surface area (Å²) in [7, 11) is 0. The largest absolute Gasteiger partial charge is 0.423 e. The summed E-state index contributed by atoms with van der Waals surface area (Å²) >= 11 is 0. The van der Waals surface area contributed by atoms with Crippen molar-refractivity contribution in [3.05, 3.63) is 42.2 Å². The molecule has 0 saturated heterocycles. The van der Waals surface area contributed by atoms with Crippen LogP contribution in [0.1, 0.15) is 77.0 Å². The molecule has 176 valence electrons. The Morgan fingerprint density at radius 1 is 0.875 bits per heavy atom. The smallest absolute Gasteiger partial charge is 0.314 e. The van der Waals surface area contributed by atoms with Crippen LogP contribution in [-0.2, 0) is 4.79 Å². The van der Waals surface area contributed by atoms with Crippen molar-refractivity contribution in [3.8, 4) is 5.75 Å². The number of esters is 1. The van der Waals surface area contributed by atoms with Crippen molar-refractivity contribution in [1.29, 1.82) is 0 Å².